The Bertz CT molecular complexity index is 1500. The van der Waals surface area contributed by atoms with Crippen LogP contribution in [0.25, 0.3) is 10.9 Å². The summed E-state index contributed by atoms with van der Waals surface area (Å²) >= 11 is 6.22. The topological polar surface area (TPSA) is 83.1 Å². The average molecular weight is 482 g/mol. The Kier molecular flexibility index (Phi) is 6.38. The Hall–Kier alpha value is -3.00. The highest BCUT2D eigenvalue weighted by Crippen LogP contribution is 2.26. The Morgan fingerprint density at radius 3 is 2.48 bits per heavy atom. The predicted molar refractivity (Wildman–Crippen MR) is 131 cm³/mol. The van der Waals surface area contributed by atoms with E-state index in [9.17, 15) is 13.2 Å². The van der Waals surface area contributed by atoms with E-state index >= 15 is 0 Å². The molecule has 0 aliphatic rings. The molecule has 0 bridgehead atoms. The molecule has 170 valence electrons. The van der Waals surface area contributed by atoms with Crippen molar-refractivity contribution < 1.29 is 8.42 Å². The van der Waals surface area contributed by atoms with Crippen molar-refractivity contribution >= 4 is 32.5 Å². The number of nitrogens with one attached hydrogen (secondary N) is 1. The van der Waals surface area contributed by atoms with Gasteiger partial charge in [0, 0.05) is 47.0 Å². The van der Waals surface area contributed by atoms with Crippen molar-refractivity contribution in [1.29, 1.82) is 0 Å². The van der Waals surface area contributed by atoms with Crippen LogP contribution in [-0.4, -0.2) is 22.7 Å². The van der Waals surface area contributed by atoms with Gasteiger partial charge in [-0.15, -0.1) is 0 Å². The number of halogens is 1. The molecule has 6 nitrogen and oxygen atoms in total. The summed E-state index contributed by atoms with van der Waals surface area (Å²) in [5.41, 5.74) is 4.32. The summed E-state index contributed by atoms with van der Waals surface area (Å²) in [5, 5.41) is 1.25. The number of rotatable bonds is 6. The quantitative estimate of drug-likeness (QED) is 0.425. The minimum absolute atomic E-state index is 0.0615. The molecule has 0 saturated heterocycles. The Labute approximate surface area is 197 Å². The van der Waals surface area contributed by atoms with Crippen molar-refractivity contribution in [2.45, 2.75) is 38.8 Å². The van der Waals surface area contributed by atoms with Gasteiger partial charge in [0.1, 0.15) is 0 Å². The summed E-state index contributed by atoms with van der Waals surface area (Å²) in [6.45, 7) is 5.71. The van der Waals surface area contributed by atoms with E-state index in [1.165, 1.54) is 16.4 Å². The molecule has 1 N–H and O–H groups in total. The first kappa shape index (κ1) is 23.2. The van der Waals surface area contributed by atoms with E-state index in [0.29, 0.717) is 16.1 Å². The van der Waals surface area contributed by atoms with E-state index in [1.54, 1.807) is 36.7 Å². The first-order chi connectivity index (χ1) is 15.6. The highest BCUT2D eigenvalue weighted by atomic mass is 35.5. The molecule has 33 heavy (non-hydrogen) atoms. The second-order valence-corrected chi connectivity index (χ2v) is 10.6. The summed E-state index contributed by atoms with van der Waals surface area (Å²) < 4.78 is 28.5. The molecule has 2 heterocycles. The van der Waals surface area contributed by atoms with Gasteiger partial charge in [-0.05, 0) is 73.4 Å². The molecule has 0 saturated carbocycles. The number of nitrogens with zero attached hydrogens (tertiary/aromatic N) is 2. The smallest absolute Gasteiger partial charge is 0.252 e. The Morgan fingerprint density at radius 1 is 1.00 bits per heavy atom. The minimum Gasteiger partial charge on any atom is -0.322 e. The first-order valence-electron chi connectivity index (χ1n) is 10.4. The molecule has 0 aliphatic carbocycles. The first-order valence-corrected chi connectivity index (χ1v) is 12.3. The van der Waals surface area contributed by atoms with Crippen LogP contribution in [-0.2, 0) is 23.1 Å². The van der Waals surface area contributed by atoms with E-state index in [-0.39, 0.29) is 23.5 Å². The second kappa shape index (κ2) is 9.09. The number of sulfonamides is 1. The van der Waals surface area contributed by atoms with Gasteiger partial charge in [0.2, 0.25) is 10.0 Å². The van der Waals surface area contributed by atoms with Gasteiger partial charge in [0.05, 0.1) is 4.90 Å². The van der Waals surface area contributed by atoms with E-state index in [2.05, 4.69) is 9.97 Å². The molecule has 0 atom stereocenters. The van der Waals surface area contributed by atoms with Gasteiger partial charge in [-0.2, -0.15) is 4.31 Å². The largest absolute Gasteiger partial charge is 0.322 e. The number of fused-ring (bicyclic) bond motifs is 1. The standard InChI is InChI=1S/C25H24ClN3O3S/c1-16-9-18(3)22-11-20(25(30)28-24(22)10-16)15-29(14-19-5-4-8-27-13-19)33(31,32)21-7-6-17(2)23(26)12-21/h4-13H,14-15H2,1-3H3,(H,28,30). The number of benzene rings is 2. The normalized spacial score (nSPS) is 11.9. The molecule has 0 spiro atoms. The van der Waals surface area contributed by atoms with Crippen LogP contribution >= 0.6 is 11.6 Å². The highest BCUT2D eigenvalue weighted by Gasteiger charge is 2.27. The lowest BCUT2D eigenvalue weighted by atomic mass is 10.0. The van der Waals surface area contributed by atoms with Crippen LogP contribution in [0.5, 0.6) is 0 Å². The van der Waals surface area contributed by atoms with Crippen LogP contribution < -0.4 is 5.56 Å². The number of hydrogen-bond donors (Lipinski definition) is 1. The fourth-order valence-corrected chi connectivity index (χ4v) is 5.51. The van der Waals surface area contributed by atoms with Crippen LogP contribution in [0.15, 0.2) is 70.6 Å². The molecule has 2 aromatic carbocycles. The van der Waals surface area contributed by atoms with E-state index in [4.69, 9.17) is 11.6 Å². The zero-order chi connectivity index (χ0) is 23.8. The summed E-state index contributed by atoms with van der Waals surface area (Å²) in [4.78, 5) is 20.0. The van der Waals surface area contributed by atoms with Gasteiger partial charge < -0.3 is 4.98 Å². The van der Waals surface area contributed by atoms with Crippen LogP contribution in [0.1, 0.15) is 27.8 Å². The maximum Gasteiger partial charge on any atom is 0.252 e. The van der Waals surface area contributed by atoms with Gasteiger partial charge in [-0.3, -0.25) is 9.78 Å². The van der Waals surface area contributed by atoms with E-state index in [1.807, 2.05) is 32.9 Å². The fraction of sp³-hybridized carbons (Fsp3) is 0.200. The SMILES string of the molecule is Cc1cc(C)c2cc(CN(Cc3cccnc3)S(=O)(=O)c3ccc(C)c(Cl)c3)c(=O)[nH]c2c1. The van der Waals surface area contributed by atoms with Crippen molar-refractivity contribution in [2.24, 2.45) is 0 Å². The van der Waals surface area contributed by atoms with E-state index < -0.39 is 10.0 Å². The molecule has 0 unspecified atom stereocenters. The summed E-state index contributed by atoms with van der Waals surface area (Å²) in [6, 6.07) is 13.9. The van der Waals surface area contributed by atoms with Crippen molar-refractivity contribution in [3.05, 3.63) is 104 Å². The lowest BCUT2D eigenvalue weighted by molar-refractivity contribution is 0.399. The molecule has 0 fully saturated rings. The number of hydrogen-bond acceptors (Lipinski definition) is 4. The van der Waals surface area contributed by atoms with Crippen molar-refractivity contribution in [3.63, 3.8) is 0 Å². The molecular weight excluding hydrogens is 458 g/mol. The maximum absolute atomic E-state index is 13.6. The fourth-order valence-electron chi connectivity index (χ4n) is 3.83. The lowest BCUT2D eigenvalue weighted by Crippen LogP contribution is -2.32. The third-order valence-corrected chi connectivity index (χ3v) is 7.79. The number of aromatic nitrogens is 2. The van der Waals surface area contributed by atoms with Crippen LogP contribution in [0.2, 0.25) is 5.02 Å². The molecule has 8 heteroatoms. The average Bonchev–Trinajstić information content (AvgIpc) is 2.76. The zero-order valence-corrected chi connectivity index (χ0v) is 20.2. The second-order valence-electron chi connectivity index (χ2n) is 8.21. The van der Waals surface area contributed by atoms with Crippen molar-refractivity contribution in [1.82, 2.24) is 14.3 Å². The molecular formula is C25H24ClN3O3S. The number of H-pyrrole nitrogens is 1. The molecule has 0 amide bonds. The number of aromatic amines is 1. The molecule has 4 aromatic rings. The minimum atomic E-state index is -3.96. The Balaban J connectivity index is 1.81. The molecule has 4 rings (SSSR count). The van der Waals surface area contributed by atoms with Crippen molar-refractivity contribution in [3.8, 4) is 0 Å². The summed E-state index contributed by atoms with van der Waals surface area (Å²) in [7, 11) is -3.96. The van der Waals surface area contributed by atoms with Gasteiger partial charge in [-0.1, -0.05) is 29.8 Å². The number of pyridine rings is 2. The van der Waals surface area contributed by atoms with Gasteiger partial charge in [0.15, 0.2) is 0 Å². The predicted octanol–water partition coefficient (Wildman–Crippen LogP) is 4.89. The number of aryl methyl sites for hydroxylation is 3. The Morgan fingerprint density at radius 2 is 1.79 bits per heavy atom. The van der Waals surface area contributed by atoms with Crippen molar-refractivity contribution in [2.75, 3.05) is 0 Å². The lowest BCUT2D eigenvalue weighted by Gasteiger charge is -2.23. The summed E-state index contributed by atoms with van der Waals surface area (Å²) in [5.74, 6) is 0. The zero-order valence-electron chi connectivity index (χ0n) is 18.6. The third kappa shape index (κ3) is 4.85. The van der Waals surface area contributed by atoms with E-state index in [0.717, 1.165) is 27.6 Å². The highest BCUT2D eigenvalue weighted by molar-refractivity contribution is 7.89. The van der Waals surface area contributed by atoms with Gasteiger partial charge >= 0.3 is 0 Å². The molecule has 0 aliphatic heterocycles. The van der Waals surface area contributed by atoms with Crippen LogP contribution in [0.4, 0.5) is 0 Å². The monoisotopic (exact) mass is 481 g/mol. The van der Waals surface area contributed by atoms with Crippen LogP contribution in [0.3, 0.4) is 0 Å². The molecule has 2 aromatic heterocycles. The maximum atomic E-state index is 13.6. The molecule has 0 radical (unpaired) electrons. The van der Waals surface area contributed by atoms with Gasteiger partial charge in [-0.25, -0.2) is 8.42 Å². The summed E-state index contributed by atoms with van der Waals surface area (Å²) in [6.07, 6.45) is 3.24. The van der Waals surface area contributed by atoms with Gasteiger partial charge in [0.25, 0.3) is 5.56 Å². The van der Waals surface area contributed by atoms with Crippen LogP contribution in [0, 0.1) is 20.8 Å². The third-order valence-electron chi connectivity index (χ3n) is 5.60.